The maximum atomic E-state index is 12.2. The average Bonchev–Trinajstić information content (AvgIpc) is 2.56. The molecule has 6 heteroatoms. The van der Waals surface area contributed by atoms with Gasteiger partial charge in [0.1, 0.15) is 0 Å². The molecule has 1 aliphatic rings. The summed E-state index contributed by atoms with van der Waals surface area (Å²) < 4.78 is 0. The Bertz CT molecular complexity index is 727. The number of carbonyl (C=O) groups excluding carboxylic acids is 2. The van der Waals surface area contributed by atoms with E-state index in [1.165, 1.54) is 0 Å². The third-order valence-corrected chi connectivity index (χ3v) is 4.38. The SMILES string of the molecule is CC(C(=O)Nc1ccc(NC(=O)Nc2ccccc2)cc1)C1CNC1. The molecule has 3 rings (SSSR count). The lowest BCUT2D eigenvalue weighted by Gasteiger charge is -2.31. The lowest BCUT2D eigenvalue weighted by atomic mass is 9.88. The van der Waals surface area contributed by atoms with Crippen LogP contribution >= 0.6 is 0 Å². The number of hydrogen-bond donors (Lipinski definition) is 4. The smallest absolute Gasteiger partial charge is 0.323 e. The molecule has 0 saturated carbocycles. The van der Waals surface area contributed by atoms with E-state index in [4.69, 9.17) is 0 Å². The summed E-state index contributed by atoms with van der Waals surface area (Å²) in [6.45, 7) is 3.74. The molecule has 6 nitrogen and oxygen atoms in total. The van der Waals surface area contributed by atoms with E-state index in [1.54, 1.807) is 24.3 Å². The molecule has 0 spiro atoms. The van der Waals surface area contributed by atoms with Crippen molar-refractivity contribution in [2.24, 2.45) is 11.8 Å². The molecule has 25 heavy (non-hydrogen) atoms. The fourth-order valence-electron chi connectivity index (χ4n) is 2.59. The van der Waals surface area contributed by atoms with Crippen molar-refractivity contribution in [2.45, 2.75) is 6.92 Å². The van der Waals surface area contributed by atoms with Crippen LogP contribution < -0.4 is 21.3 Å². The summed E-state index contributed by atoms with van der Waals surface area (Å²) in [6, 6.07) is 16.0. The Morgan fingerprint density at radius 1 is 0.880 bits per heavy atom. The maximum Gasteiger partial charge on any atom is 0.323 e. The van der Waals surface area contributed by atoms with Crippen molar-refractivity contribution in [1.29, 1.82) is 0 Å². The number of benzene rings is 2. The highest BCUT2D eigenvalue weighted by Crippen LogP contribution is 2.19. The lowest BCUT2D eigenvalue weighted by Crippen LogP contribution is -2.48. The number of anilines is 3. The van der Waals surface area contributed by atoms with Gasteiger partial charge in [-0.25, -0.2) is 4.79 Å². The minimum Gasteiger partial charge on any atom is -0.326 e. The van der Waals surface area contributed by atoms with Crippen molar-refractivity contribution < 1.29 is 9.59 Å². The first-order chi connectivity index (χ1) is 12.1. The lowest BCUT2D eigenvalue weighted by molar-refractivity contribution is -0.121. The van der Waals surface area contributed by atoms with Gasteiger partial charge >= 0.3 is 6.03 Å². The zero-order valence-electron chi connectivity index (χ0n) is 14.1. The van der Waals surface area contributed by atoms with Gasteiger partial charge < -0.3 is 21.3 Å². The molecule has 1 aliphatic heterocycles. The Morgan fingerprint density at radius 2 is 1.40 bits per heavy atom. The first-order valence-electron chi connectivity index (χ1n) is 8.36. The van der Waals surface area contributed by atoms with Gasteiger partial charge in [-0.15, -0.1) is 0 Å². The van der Waals surface area contributed by atoms with Gasteiger partial charge in [-0.05, 0) is 55.4 Å². The van der Waals surface area contributed by atoms with E-state index in [2.05, 4.69) is 21.3 Å². The minimum absolute atomic E-state index is 0.0179. The molecule has 0 aliphatic carbocycles. The summed E-state index contributed by atoms with van der Waals surface area (Å²) in [5.74, 6) is 0.410. The molecule has 1 fully saturated rings. The highest BCUT2D eigenvalue weighted by Gasteiger charge is 2.28. The van der Waals surface area contributed by atoms with Gasteiger partial charge in [0.15, 0.2) is 0 Å². The molecule has 0 bridgehead atoms. The van der Waals surface area contributed by atoms with E-state index in [1.807, 2.05) is 37.3 Å². The topological polar surface area (TPSA) is 82.3 Å². The van der Waals surface area contributed by atoms with Gasteiger partial charge in [-0.3, -0.25) is 4.79 Å². The van der Waals surface area contributed by atoms with Crippen LogP contribution in [0.2, 0.25) is 0 Å². The summed E-state index contributed by atoms with van der Waals surface area (Å²) in [4.78, 5) is 24.1. The largest absolute Gasteiger partial charge is 0.326 e. The van der Waals surface area contributed by atoms with E-state index in [-0.39, 0.29) is 17.9 Å². The highest BCUT2D eigenvalue weighted by molar-refractivity contribution is 6.00. The van der Waals surface area contributed by atoms with Gasteiger partial charge in [0.25, 0.3) is 0 Å². The van der Waals surface area contributed by atoms with Crippen molar-refractivity contribution in [2.75, 3.05) is 29.0 Å². The van der Waals surface area contributed by atoms with Crippen molar-refractivity contribution in [3.8, 4) is 0 Å². The minimum atomic E-state index is -0.311. The fourth-order valence-corrected chi connectivity index (χ4v) is 2.59. The van der Waals surface area contributed by atoms with Gasteiger partial charge in [-0.2, -0.15) is 0 Å². The average molecular weight is 338 g/mol. The molecule has 1 unspecified atom stereocenters. The highest BCUT2D eigenvalue weighted by atomic mass is 16.2. The molecular weight excluding hydrogens is 316 g/mol. The number of amides is 3. The number of hydrogen-bond acceptors (Lipinski definition) is 3. The molecule has 1 atom stereocenters. The van der Waals surface area contributed by atoms with E-state index >= 15 is 0 Å². The van der Waals surface area contributed by atoms with Crippen LogP contribution in [0, 0.1) is 11.8 Å². The molecule has 0 radical (unpaired) electrons. The second-order valence-corrected chi connectivity index (χ2v) is 6.22. The summed E-state index contributed by atoms with van der Waals surface area (Å²) in [6.07, 6.45) is 0. The maximum absolute atomic E-state index is 12.2. The van der Waals surface area contributed by atoms with Crippen LogP contribution in [0.5, 0.6) is 0 Å². The monoisotopic (exact) mass is 338 g/mol. The number of urea groups is 1. The third kappa shape index (κ3) is 4.58. The van der Waals surface area contributed by atoms with Crippen molar-refractivity contribution in [3.63, 3.8) is 0 Å². The summed E-state index contributed by atoms with van der Waals surface area (Å²) in [5, 5.41) is 11.6. The van der Waals surface area contributed by atoms with Crippen LogP contribution in [0.15, 0.2) is 54.6 Å². The molecule has 3 amide bonds. The van der Waals surface area contributed by atoms with Crippen molar-refractivity contribution >= 4 is 29.0 Å². The van der Waals surface area contributed by atoms with Crippen LogP contribution in [0.1, 0.15) is 6.92 Å². The van der Waals surface area contributed by atoms with Crippen molar-refractivity contribution in [1.82, 2.24) is 5.32 Å². The Hall–Kier alpha value is -2.86. The Balaban J connectivity index is 1.51. The normalized spacial score (nSPS) is 14.9. The second-order valence-electron chi connectivity index (χ2n) is 6.22. The van der Waals surface area contributed by atoms with Crippen LogP contribution in [0.3, 0.4) is 0 Å². The number of rotatable bonds is 5. The number of para-hydroxylation sites is 1. The first-order valence-corrected chi connectivity index (χ1v) is 8.36. The van der Waals surface area contributed by atoms with E-state index < -0.39 is 0 Å². The van der Waals surface area contributed by atoms with E-state index in [0.717, 1.165) is 24.5 Å². The Morgan fingerprint density at radius 3 is 1.92 bits per heavy atom. The molecule has 1 heterocycles. The van der Waals surface area contributed by atoms with E-state index in [9.17, 15) is 9.59 Å². The summed E-state index contributed by atoms with van der Waals surface area (Å²) in [7, 11) is 0. The predicted octanol–water partition coefficient (Wildman–Crippen LogP) is 3.12. The molecule has 0 aromatic heterocycles. The second kappa shape index (κ2) is 7.81. The summed E-state index contributed by atoms with van der Waals surface area (Å²) in [5.41, 5.74) is 2.10. The zero-order valence-corrected chi connectivity index (χ0v) is 14.1. The quantitative estimate of drug-likeness (QED) is 0.676. The van der Waals surface area contributed by atoms with Gasteiger partial charge in [0.05, 0.1) is 0 Å². The molecule has 130 valence electrons. The molecule has 1 saturated heterocycles. The number of carbonyl (C=O) groups is 2. The molecular formula is C19H22N4O2. The fraction of sp³-hybridized carbons (Fsp3) is 0.263. The van der Waals surface area contributed by atoms with Gasteiger partial charge in [0, 0.05) is 23.0 Å². The van der Waals surface area contributed by atoms with Gasteiger partial charge in [0.2, 0.25) is 5.91 Å². The number of nitrogens with one attached hydrogen (secondary N) is 4. The molecule has 2 aromatic rings. The molecule has 2 aromatic carbocycles. The Labute approximate surface area is 147 Å². The Kier molecular flexibility index (Phi) is 5.30. The first kappa shape index (κ1) is 17.0. The standard InChI is InChI=1S/C19H22N4O2/c1-13(14-11-20-12-14)18(24)21-16-7-9-17(10-8-16)23-19(25)22-15-5-3-2-4-6-15/h2-10,13-14,20H,11-12H2,1H3,(H,21,24)(H2,22,23,25). The van der Waals surface area contributed by atoms with Crippen molar-refractivity contribution in [3.05, 3.63) is 54.6 Å². The van der Waals surface area contributed by atoms with Crippen LogP contribution in [-0.2, 0) is 4.79 Å². The third-order valence-electron chi connectivity index (χ3n) is 4.38. The predicted molar refractivity (Wildman–Crippen MR) is 99.7 cm³/mol. The van der Waals surface area contributed by atoms with Crippen LogP contribution in [0.4, 0.5) is 21.9 Å². The van der Waals surface area contributed by atoms with Crippen LogP contribution in [-0.4, -0.2) is 25.0 Å². The zero-order chi connectivity index (χ0) is 17.6. The van der Waals surface area contributed by atoms with Gasteiger partial charge in [-0.1, -0.05) is 25.1 Å². The van der Waals surface area contributed by atoms with Crippen LogP contribution in [0.25, 0.3) is 0 Å². The summed E-state index contributed by atoms with van der Waals surface area (Å²) >= 11 is 0. The van der Waals surface area contributed by atoms with E-state index in [0.29, 0.717) is 11.6 Å². The molecule has 4 N–H and O–H groups in total.